The SMILES string of the molecule is Cc1cccc2nc(C(=O)NCC(O)CC(C)C)cn12. The number of imidazole rings is 1. The lowest BCUT2D eigenvalue weighted by Crippen LogP contribution is -2.32. The van der Waals surface area contributed by atoms with Gasteiger partial charge in [0.05, 0.1) is 6.10 Å². The van der Waals surface area contributed by atoms with Crippen LogP contribution in [-0.2, 0) is 0 Å². The highest BCUT2D eigenvalue weighted by molar-refractivity contribution is 5.92. The molecular weight excluding hydrogens is 254 g/mol. The standard InChI is InChI=1S/C15H21N3O2/c1-10(2)7-12(19)8-16-15(20)13-9-18-11(3)5-4-6-14(18)17-13/h4-6,9-10,12,19H,7-8H2,1-3H3,(H,16,20). The number of aryl methyl sites for hydroxylation is 1. The molecule has 0 spiro atoms. The number of carbonyl (C=O) groups excluding carboxylic acids is 1. The fraction of sp³-hybridized carbons (Fsp3) is 0.467. The van der Waals surface area contributed by atoms with Gasteiger partial charge in [-0.15, -0.1) is 0 Å². The minimum Gasteiger partial charge on any atom is -0.391 e. The second kappa shape index (κ2) is 6.05. The molecule has 0 aliphatic rings. The van der Waals surface area contributed by atoms with Crippen LogP contribution in [0.2, 0.25) is 0 Å². The third-order valence-corrected chi connectivity index (χ3v) is 3.17. The number of amides is 1. The average Bonchev–Trinajstić information content (AvgIpc) is 2.80. The van der Waals surface area contributed by atoms with E-state index in [-0.39, 0.29) is 12.5 Å². The summed E-state index contributed by atoms with van der Waals surface area (Å²) in [6, 6.07) is 5.73. The minimum absolute atomic E-state index is 0.254. The van der Waals surface area contributed by atoms with Crippen LogP contribution >= 0.6 is 0 Å². The number of pyridine rings is 1. The number of aromatic nitrogens is 2. The number of nitrogens with one attached hydrogen (secondary N) is 1. The summed E-state index contributed by atoms with van der Waals surface area (Å²) in [5.41, 5.74) is 2.14. The van der Waals surface area contributed by atoms with E-state index in [1.165, 1.54) is 0 Å². The highest BCUT2D eigenvalue weighted by Gasteiger charge is 2.13. The van der Waals surface area contributed by atoms with E-state index in [0.717, 1.165) is 11.3 Å². The predicted molar refractivity (Wildman–Crippen MR) is 77.7 cm³/mol. The van der Waals surface area contributed by atoms with Gasteiger partial charge in [0, 0.05) is 18.4 Å². The maximum atomic E-state index is 12.0. The van der Waals surface area contributed by atoms with E-state index in [1.54, 1.807) is 6.20 Å². The van der Waals surface area contributed by atoms with Crippen molar-refractivity contribution < 1.29 is 9.90 Å². The Morgan fingerprint density at radius 1 is 1.45 bits per heavy atom. The van der Waals surface area contributed by atoms with Crippen LogP contribution in [0.3, 0.4) is 0 Å². The summed E-state index contributed by atoms with van der Waals surface area (Å²) in [6.07, 6.45) is 1.87. The molecule has 1 amide bonds. The molecule has 0 aliphatic carbocycles. The second-order valence-electron chi connectivity index (χ2n) is 5.51. The van der Waals surface area contributed by atoms with Crippen LogP contribution in [-0.4, -0.2) is 33.0 Å². The molecule has 1 unspecified atom stereocenters. The van der Waals surface area contributed by atoms with E-state index in [2.05, 4.69) is 10.3 Å². The van der Waals surface area contributed by atoms with Crippen molar-refractivity contribution in [1.82, 2.24) is 14.7 Å². The summed E-state index contributed by atoms with van der Waals surface area (Å²) in [4.78, 5) is 16.3. The Morgan fingerprint density at radius 3 is 2.85 bits per heavy atom. The first-order chi connectivity index (χ1) is 9.47. The van der Waals surface area contributed by atoms with Gasteiger partial charge < -0.3 is 14.8 Å². The van der Waals surface area contributed by atoms with Gasteiger partial charge in [0.1, 0.15) is 11.3 Å². The maximum absolute atomic E-state index is 12.0. The van der Waals surface area contributed by atoms with Gasteiger partial charge in [-0.05, 0) is 31.4 Å². The van der Waals surface area contributed by atoms with Crippen molar-refractivity contribution in [2.75, 3.05) is 6.54 Å². The zero-order chi connectivity index (χ0) is 14.7. The maximum Gasteiger partial charge on any atom is 0.271 e. The second-order valence-corrected chi connectivity index (χ2v) is 5.51. The number of hydrogen-bond donors (Lipinski definition) is 2. The Labute approximate surface area is 118 Å². The fourth-order valence-electron chi connectivity index (χ4n) is 2.19. The molecular formula is C15H21N3O2. The molecule has 0 fully saturated rings. The van der Waals surface area contributed by atoms with Gasteiger partial charge in [-0.25, -0.2) is 4.98 Å². The fourth-order valence-corrected chi connectivity index (χ4v) is 2.19. The van der Waals surface area contributed by atoms with Gasteiger partial charge in [0.15, 0.2) is 0 Å². The van der Waals surface area contributed by atoms with Gasteiger partial charge in [-0.2, -0.15) is 0 Å². The first kappa shape index (κ1) is 14.5. The number of fused-ring (bicyclic) bond motifs is 1. The Kier molecular flexibility index (Phi) is 4.39. The summed E-state index contributed by atoms with van der Waals surface area (Å²) in [5, 5.41) is 12.5. The molecule has 20 heavy (non-hydrogen) atoms. The Morgan fingerprint density at radius 2 is 2.20 bits per heavy atom. The zero-order valence-electron chi connectivity index (χ0n) is 12.1. The quantitative estimate of drug-likeness (QED) is 0.874. The van der Waals surface area contributed by atoms with Gasteiger partial charge in [0.25, 0.3) is 5.91 Å². The lowest BCUT2D eigenvalue weighted by Gasteiger charge is -2.13. The van der Waals surface area contributed by atoms with Crippen LogP contribution in [0.5, 0.6) is 0 Å². The topological polar surface area (TPSA) is 66.6 Å². The first-order valence-electron chi connectivity index (χ1n) is 6.88. The van der Waals surface area contributed by atoms with Crippen molar-refractivity contribution in [1.29, 1.82) is 0 Å². The molecule has 5 nitrogen and oxygen atoms in total. The van der Waals surface area contributed by atoms with E-state index in [4.69, 9.17) is 0 Å². The Hall–Kier alpha value is -1.88. The summed E-state index contributed by atoms with van der Waals surface area (Å²) in [7, 11) is 0. The van der Waals surface area contributed by atoms with Crippen LogP contribution in [0.4, 0.5) is 0 Å². The summed E-state index contributed by atoms with van der Waals surface area (Å²) in [5.74, 6) is 0.149. The van der Waals surface area contributed by atoms with Crippen molar-refractivity contribution in [2.24, 2.45) is 5.92 Å². The largest absolute Gasteiger partial charge is 0.391 e. The van der Waals surface area contributed by atoms with E-state index >= 15 is 0 Å². The normalized spacial score (nSPS) is 12.8. The molecule has 2 rings (SSSR count). The molecule has 5 heteroatoms. The van der Waals surface area contributed by atoms with Crippen LogP contribution in [0.15, 0.2) is 24.4 Å². The molecule has 2 aromatic rings. The first-order valence-corrected chi connectivity index (χ1v) is 6.88. The van der Waals surface area contributed by atoms with Crippen molar-refractivity contribution in [3.8, 4) is 0 Å². The van der Waals surface area contributed by atoms with Gasteiger partial charge >= 0.3 is 0 Å². The zero-order valence-corrected chi connectivity index (χ0v) is 12.1. The minimum atomic E-state index is -0.516. The summed E-state index contributed by atoms with van der Waals surface area (Å²) in [6.45, 7) is 6.29. The van der Waals surface area contributed by atoms with Crippen LogP contribution in [0, 0.1) is 12.8 Å². The third kappa shape index (κ3) is 3.36. The molecule has 1 atom stereocenters. The molecule has 2 N–H and O–H groups in total. The monoisotopic (exact) mass is 275 g/mol. The molecule has 0 saturated heterocycles. The lowest BCUT2D eigenvalue weighted by molar-refractivity contribution is 0.0896. The van der Waals surface area contributed by atoms with Crippen LogP contribution in [0.1, 0.15) is 36.5 Å². The van der Waals surface area contributed by atoms with Crippen molar-refractivity contribution >= 4 is 11.6 Å². The van der Waals surface area contributed by atoms with Gasteiger partial charge in [-0.3, -0.25) is 4.79 Å². The molecule has 0 aliphatic heterocycles. The van der Waals surface area contributed by atoms with Crippen molar-refractivity contribution in [3.63, 3.8) is 0 Å². The molecule has 2 heterocycles. The Bertz CT molecular complexity index is 604. The van der Waals surface area contributed by atoms with Crippen LogP contribution in [0.25, 0.3) is 5.65 Å². The number of aliphatic hydroxyl groups is 1. The number of rotatable bonds is 5. The van der Waals surface area contributed by atoms with E-state index < -0.39 is 6.10 Å². The van der Waals surface area contributed by atoms with E-state index in [9.17, 15) is 9.90 Å². The molecule has 0 aromatic carbocycles. The smallest absolute Gasteiger partial charge is 0.271 e. The number of hydrogen-bond acceptors (Lipinski definition) is 3. The van der Waals surface area contributed by atoms with Gasteiger partial charge in [0.2, 0.25) is 0 Å². The molecule has 0 radical (unpaired) electrons. The van der Waals surface area contributed by atoms with E-state index in [1.807, 2.05) is 43.4 Å². The lowest BCUT2D eigenvalue weighted by atomic mass is 10.1. The summed E-state index contributed by atoms with van der Waals surface area (Å²) >= 11 is 0. The third-order valence-electron chi connectivity index (χ3n) is 3.17. The molecule has 0 saturated carbocycles. The van der Waals surface area contributed by atoms with E-state index in [0.29, 0.717) is 18.0 Å². The van der Waals surface area contributed by atoms with Gasteiger partial charge in [-0.1, -0.05) is 19.9 Å². The average molecular weight is 275 g/mol. The Balaban J connectivity index is 2.03. The predicted octanol–water partition coefficient (Wildman–Crippen LogP) is 1.78. The number of nitrogens with zero attached hydrogens (tertiary/aromatic N) is 2. The van der Waals surface area contributed by atoms with Crippen molar-refractivity contribution in [3.05, 3.63) is 35.8 Å². The van der Waals surface area contributed by atoms with Crippen LogP contribution < -0.4 is 5.32 Å². The molecule has 2 aromatic heterocycles. The molecule has 0 bridgehead atoms. The number of carbonyl (C=O) groups is 1. The summed E-state index contributed by atoms with van der Waals surface area (Å²) < 4.78 is 1.87. The highest BCUT2D eigenvalue weighted by Crippen LogP contribution is 2.08. The molecule has 108 valence electrons. The number of aliphatic hydroxyl groups excluding tert-OH is 1. The highest BCUT2D eigenvalue weighted by atomic mass is 16.3. The van der Waals surface area contributed by atoms with Crippen molar-refractivity contribution in [2.45, 2.75) is 33.3 Å².